The maximum absolute atomic E-state index is 14.0. The van der Waals surface area contributed by atoms with E-state index < -0.39 is 35.1 Å². The number of carbonyl (C=O) groups is 2. The van der Waals surface area contributed by atoms with Gasteiger partial charge in [-0.25, -0.2) is 8.78 Å². The fourth-order valence-corrected chi connectivity index (χ4v) is 3.65. The Morgan fingerprint density at radius 3 is 2.24 bits per heavy atom. The van der Waals surface area contributed by atoms with Crippen LogP contribution in [0.3, 0.4) is 0 Å². The quantitative estimate of drug-likeness (QED) is 0.542. The highest BCUT2D eigenvalue weighted by Crippen LogP contribution is 2.16. The molecule has 2 amide bonds. The number of aryl methyl sites for hydroxylation is 1. The van der Waals surface area contributed by atoms with Gasteiger partial charge in [-0.3, -0.25) is 14.3 Å². The summed E-state index contributed by atoms with van der Waals surface area (Å²) in [4.78, 5) is 25.4. The van der Waals surface area contributed by atoms with E-state index >= 15 is 0 Å². The van der Waals surface area contributed by atoms with E-state index in [1.165, 1.54) is 6.07 Å². The largest absolute Gasteiger partial charge is 0.350 e. The molecule has 1 atom stereocenters. The molecule has 2 N–H and O–H groups in total. The molecule has 0 fully saturated rings. The van der Waals surface area contributed by atoms with E-state index in [4.69, 9.17) is 0 Å². The molecule has 0 spiro atoms. The van der Waals surface area contributed by atoms with Crippen LogP contribution in [0.15, 0.2) is 48.5 Å². The van der Waals surface area contributed by atoms with Crippen molar-refractivity contribution in [2.75, 3.05) is 0 Å². The van der Waals surface area contributed by atoms with Gasteiger partial charge in [-0.1, -0.05) is 50.2 Å². The number of amides is 2. The van der Waals surface area contributed by atoms with Gasteiger partial charge in [0.15, 0.2) is 0 Å². The third kappa shape index (κ3) is 5.63. The zero-order valence-corrected chi connectivity index (χ0v) is 19.2. The molecule has 1 aromatic heterocycles. The van der Waals surface area contributed by atoms with E-state index in [1.807, 2.05) is 48.9 Å². The van der Waals surface area contributed by atoms with Crippen LogP contribution in [0.1, 0.15) is 46.7 Å². The Labute approximate surface area is 192 Å². The lowest BCUT2D eigenvalue weighted by Crippen LogP contribution is -2.49. The summed E-state index contributed by atoms with van der Waals surface area (Å²) in [6.07, 6.45) is 0. The maximum atomic E-state index is 14.0. The molecule has 0 aliphatic carbocycles. The van der Waals surface area contributed by atoms with E-state index in [-0.39, 0.29) is 12.5 Å². The van der Waals surface area contributed by atoms with Crippen molar-refractivity contribution < 1.29 is 18.4 Å². The van der Waals surface area contributed by atoms with Crippen LogP contribution in [0, 0.1) is 31.4 Å². The van der Waals surface area contributed by atoms with Crippen molar-refractivity contribution in [2.24, 2.45) is 5.92 Å². The lowest BCUT2D eigenvalue weighted by molar-refractivity contribution is -0.124. The third-order valence-corrected chi connectivity index (χ3v) is 5.57. The van der Waals surface area contributed by atoms with E-state index in [9.17, 15) is 18.4 Å². The molecule has 0 aliphatic rings. The molecule has 8 heteroatoms. The average molecular weight is 455 g/mol. The second kappa shape index (κ2) is 10.4. The van der Waals surface area contributed by atoms with Crippen molar-refractivity contribution in [1.29, 1.82) is 0 Å². The molecular weight excluding hydrogens is 426 g/mol. The first kappa shape index (κ1) is 24.1. The summed E-state index contributed by atoms with van der Waals surface area (Å²) in [6.45, 7) is 8.14. The molecule has 0 saturated carbocycles. The Morgan fingerprint density at radius 1 is 1.00 bits per heavy atom. The molecule has 2 aromatic carbocycles. The summed E-state index contributed by atoms with van der Waals surface area (Å²) in [5, 5.41) is 9.88. The summed E-state index contributed by atoms with van der Waals surface area (Å²) >= 11 is 0. The minimum absolute atomic E-state index is 0.221. The van der Waals surface area contributed by atoms with Crippen LogP contribution in [0.5, 0.6) is 0 Å². The zero-order valence-electron chi connectivity index (χ0n) is 19.2. The Morgan fingerprint density at radius 2 is 1.64 bits per heavy atom. The summed E-state index contributed by atoms with van der Waals surface area (Å²) in [5.74, 6) is -3.67. The van der Waals surface area contributed by atoms with E-state index in [2.05, 4.69) is 15.7 Å². The molecule has 3 rings (SSSR count). The summed E-state index contributed by atoms with van der Waals surface area (Å²) in [5.41, 5.74) is 3.01. The smallest absolute Gasteiger partial charge is 0.257 e. The van der Waals surface area contributed by atoms with Gasteiger partial charge in [-0.15, -0.1) is 0 Å². The average Bonchev–Trinajstić information content (AvgIpc) is 3.03. The highest BCUT2D eigenvalue weighted by atomic mass is 19.1. The Bertz CT molecular complexity index is 1120. The van der Waals surface area contributed by atoms with E-state index in [0.717, 1.165) is 34.6 Å². The van der Waals surface area contributed by atoms with Crippen molar-refractivity contribution in [2.45, 2.75) is 46.8 Å². The van der Waals surface area contributed by atoms with Gasteiger partial charge in [0.25, 0.3) is 5.91 Å². The third-order valence-electron chi connectivity index (χ3n) is 5.57. The van der Waals surface area contributed by atoms with Gasteiger partial charge in [0.05, 0.1) is 12.2 Å². The Balaban J connectivity index is 1.70. The summed E-state index contributed by atoms with van der Waals surface area (Å²) < 4.78 is 29.8. The normalized spacial score (nSPS) is 12.0. The Kier molecular flexibility index (Phi) is 7.58. The molecule has 0 aliphatic heterocycles. The molecule has 0 saturated heterocycles. The van der Waals surface area contributed by atoms with Crippen LogP contribution in [0.4, 0.5) is 8.78 Å². The van der Waals surface area contributed by atoms with Crippen LogP contribution in [-0.2, 0) is 17.9 Å². The Hall–Kier alpha value is -3.55. The number of nitrogens with zero attached hydrogens (tertiary/aromatic N) is 2. The minimum atomic E-state index is -0.979. The molecule has 0 radical (unpaired) electrons. The SMILES string of the molecule is Cc1nn(Cc2ccccc2)c(C)c1CNC(=O)[C@@H](NC(=O)c1c(F)cccc1F)C(C)C. The van der Waals surface area contributed by atoms with Crippen molar-refractivity contribution in [3.05, 3.63) is 88.2 Å². The number of hydrogen-bond acceptors (Lipinski definition) is 3. The number of rotatable bonds is 8. The standard InChI is InChI=1S/C25H28F2N4O2/c1-15(2)23(29-24(32)22-20(26)11-8-12-21(22)27)25(33)28-13-19-16(3)30-31(17(19)4)14-18-9-6-5-7-10-18/h5-12,15,23H,13-14H2,1-4H3,(H,28,33)(H,29,32)/t23-/m0/s1. The van der Waals surface area contributed by atoms with Gasteiger partial charge in [0.1, 0.15) is 23.2 Å². The van der Waals surface area contributed by atoms with Crippen LogP contribution < -0.4 is 10.6 Å². The first-order valence-electron chi connectivity index (χ1n) is 10.8. The molecule has 0 bridgehead atoms. The van der Waals surface area contributed by atoms with Gasteiger partial charge >= 0.3 is 0 Å². The molecule has 1 heterocycles. The number of benzene rings is 2. The lowest BCUT2D eigenvalue weighted by atomic mass is 10.0. The monoisotopic (exact) mass is 454 g/mol. The predicted molar refractivity (Wildman–Crippen MR) is 122 cm³/mol. The minimum Gasteiger partial charge on any atom is -0.350 e. The first-order valence-corrected chi connectivity index (χ1v) is 10.8. The molecule has 6 nitrogen and oxygen atoms in total. The highest BCUT2D eigenvalue weighted by molar-refractivity contribution is 5.98. The first-order chi connectivity index (χ1) is 15.7. The van der Waals surface area contributed by atoms with Crippen LogP contribution >= 0.6 is 0 Å². The lowest BCUT2D eigenvalue weighted by Gasteiger charge is -2.22. The topological polar surface area (TPSA) is 76.0 Å². The van der Waals surface area contributed by atoms with E-state index in [1.54, 1.807) is 13.8 Å². The molecule has 33 heavy (non-hydrogen) atoms. The van der Waals surface area contributed by atoms with Crippen LogP contribution in [0.2, 0.25) is 0 Å². The maximum Gasteiger partial charge on any atom is 0.257 e. The molecular formula is C25H28F2N4O2. The predicted octanol–water partition coefficient (Wildman–Crippen LogP) is 3.90. The molecule has 3 aromatic rings. The number of carbonyl (C=O) groups excluding carboxylic acids is 2. The summed E-state index contributed by atoms with van der Waals surface area (Å²) in [6, 6.07) is 12.1. The number of nitrogens with one attached hydrogen (secondary N) is 2. The summed E-state index contributed by atoms with van der Waals surface area (Å²) in [7, 11) is 0. The second-order valence-corrected chi connectivity index (χ2v) is 8.30. The molecule has 174 valence electrons. The van der Waals surface area contributed by atoms with Crippen molar-refractivity contribution in [3.8, 4) is 0 Å². The fourth-order valence-electron chi connectivity index (χ4n) is 3.65. The van der Waals surface area contributed by atoms with Crippen molar-refractivity contribution in [3.63, 3.8) is 0 Å². The van der Waals surface area contributed by atoms with Gasteiger partial charge in [0, 0.05) is 17.8 Å². The zero-order chi connectivity index (χ0) is 24.1. The fraction of sp³-hybridized carbons (Fsp3) is 0.320. The van der Waals surface area contributed by atoms with Crippen LogP contribution in [0.25, 0.3) is 0 Å². The number of hydrogen-bond donors (Lipinski definition) is 2. The molecule has 0 unspecified atom stereocenters. The number of halogens is 2. The van der Waals surface area contributed by atoms with Gasteiger partial charge in [-0.05, 0) is 37.5 Å². The van der Waals surface area contributed by atoms with Gasteiger partial charge < -0.3 is 10.6 Å². The van der Waals surface area contributed by atoms with Crippen molar-refractivity contribution >= 4 is 11.8 Å². The highest BCUT2D eigenvalue weighted by Gasteiger charge is 2.27. The van der Waals surface area contributed by atoms with Gasteiger partial charge in [-0.2, -0.15) is 5.10 Å². The van der Waals surface area contributed by atoms with E-state index in [0.29, 0.717) is 6.54 Å². The number of aromatic nitrogens is 2. The second-order valence-electron chi connectivity index (χ2n) is 8.30. The van der Waals surface area contributed by atoms with Crippen LogP contribution in [-0.4, -0.2) is 27.6 Å². The van der Waals surface area contributed by atoms with Crippen molar-refractivity contribution in [1.82, 2.24) is 20.4 Å². The van der Waals surface area contributed by atoms with Gasteiger partial charge in [0.2, 0.25) is 5.91 Å².